The molecule has 64 heavy (non-hydrogen) atoms. The number of benzene rings is 10. The van der Waals surface area contributed by atoms with E-state index in [1.807, 2.05) is 12.1 Å². The SMILES string of the molecule is c1ccc(-c2ccccc2-c2ccc3c(c2)C2(c4ccccc4-c4ccccc42)c2cc(-c4cccc5c4oc4ccccc45)ccc2N3c2cccc3c2oc2ccccc23)cc1. The quantitative estimate of drug-likeness (QED) is 0.177. The smallest absolute Gasteiger partial charge is 0.159 e. The summed E-state index contributed by atoms with van der Waals surface area (Å²) < 4.78 is 13.6. The van der Waals surface area contributed by atoms with Gasteiger partial charge < -0.3 is 13.7 Å². The Kier molecular flexibility index (Phi) is 7.32. The lowest BCUT2D eigenvalue weighted by molar-refractivity contribution is 0.668. The van der Waals surface area contributed by atoms with Crippen molar-refractivity contribution in [3.05, 3.63) is 247 Å². The van der Waals surface area contributed by atoms with Crippen molar-refractivity contribution in [3.63, 3.8) is 0 Å². The minimum atomic E-state index is -0.689. The lowest BCUT2D eigenvalue weighted by Gasteiger charge is -2.45. The minimum absolute atomic E-state index is 0.689. The molecule has 1 aliphatic carbocycles. The van der Waals surface area contributed by atoms with Crippen molar-refractivity contribution in [2.24, 2.45) is 0 Å². The van der Waals surface area contributed by atoms with Crippen LogP contribution in [0, 0.1) is 0 Å². The second-order valence-corrected chi connectivity index (χ2v) is 17.1. The van der Waals surface area contributed by atoms with Crippen molar-refractivity contribution in [3.8, 4) is 44.5 Å². The third-order valence-corrected chi connectivity index (χ3v) is 13.9. The molecular weight excluding hydrogens is 779 g/mol. The fourth-order valence-electron chi connectivity index (χ4n) is 11.2. The zero-order valence-electron chi connectivity index (χ0n) is 34.6. The highest BCUT2D eigenvalue weighted by Gasteiger charge is 2.52. The number of rotatable bonds is 4. The third-order valence-electron chi connectivity index (χ3n) is 13.9. The summed E-state index contributed by atoms with van der Waals surface area (Å²) in [7, 11) is 0. The molecule has 3 heteroatoms. The van der Waals surface area contributed by atoms with Crippen LogP contribution in [0.4, 0.5) is 17.1 Å². The molecule has 1 aliphatic heterocycles. The summed E-state index contributed by atoms with van der Waals surface area (Å²) in [5.74, 6) is 0. The normalized spacial score (nSPS) is 13.4. The van der Waals surface area contributed by atoms with Gasteiger partial charge >= 0.3 is 0 Å². The fourth-order valence-corrected chi connectivity index (χ4v) is 11.2. The van der Waals surface area contributed by atoms with E-state index in [4.69, 9.17) is 8.83 Å². The van der Waals surface area contributed by atoms with E-state index in [1.165, 1.54) is 50.1 Å². The summed E-state index contributed by atoms with van der Waals surface area (Å²) in [5.41, 5.74) is 20.4. The lowest BCUT2D eigenvalue weighted by Crippen LogP contribution is -2.36. The molecule has 0 bridgehead atoms. The number of nitrogens with zero attached hydrogens (tertiary/aromatic N) is 1. The van der Waals surface area contributed by atoms with Gasteiger partial charge in [0.05, 0.1) is 22.5 Å². The first-order chi connectivity index (χ1) is 31.8. The van der Waals surface area contributed by atoms with Crippen LogP contribution in [0.1, 0.15) is 22.3 Å². The van der Waals surface area contributed by atoms with Gasteiger partial charge in [0.1, 0.15) is 16.7 Å². The van der Waals surface area contributed by atoms with Crippen molar-refractivity contribution in [1.82, 2.24) is 0 Å². The van der Waals surface area contributed by atoms with E-state index in [-0.39, 0.29) is 0 Å². The molecule has 0 radical (unpaired) electrons. The zero-order chi connectivity index (χ0) is 41.9. The summed E-state index contributed by atoms with van der Waals surface area (Å²) in [5, 5.41) is 4.43. The van der Waals surface area contributed by atoms with E-state index in [9.17, 15) is 0 Å². The predicted molar refractivity (Wildman–Crippen MR) is 263 cm³/mol. The van der Waals surface area contributed by atoms with E-state index in [0.29, 0.717) is 0 Å². The average molecular weight is 816 g/mol. The first kappa shape index (κ1) is 35.2. The molecule has 0 unspecified atom stereocenters. The average Bonchev–Trinajstić information content (AvgIpc) is 4.04. The van der Waals surface area contributed by atoms with Crippen LogP contribution in [0.5, 0.6) is 0 Å². The van der Waals surface area contributed by atoms with Gasteiger partial charge in [-0.1, -0.05) is 182 Å². The molecule has 14 rings (SSSR count). The second-order valence-electron chi connectivity index (χ2n) is 17.1. The van der Waals surface area contributed by atoms with Crippen LogP contribution < -0.4 is 4.90 Å². The Morgan fingerprint density at radius 2 is 0.734 bits per heavy atom. The third kappa shape index (κ3) is 4.76. The van der Waals surface area contributed by atoms with Crippen molar-refractivity contribution in [2.75, 3.05) is 4.90 Å². The monoisotopic (exact) mass is 815 g/mol. The van der Waals surface area contributed by atoms with Gasteiger partial charge in [0.2, 0.25) is 0 Å². The van der Waals surface area contributed by atoms with E-state index in [2.05, 4.69) is 217 Å². The molecule has 0 atom stereocenters. The molecule has 0 N–H and O–H groups in total. The van der Waals surface area contributed by atoms with Gasteiger partial charge in [0.25, 0.3) is 0 Å². The van der Waals surface area contributed by atoms with Crippen molar-refractivity contribution in [2.45, 2.75) is 5.41 Å². The molecule has 0 fully saturated rings. The summed E-state index contributed by atoms with van der Waals surface area (Å²) in [6.07, 6.45) is 0. The first-order valence-corrected chi connectivity index (χ1v) is 22.0. The first-order valence-electron chi connectivity index (χ1n) is 22.0. The number of furan rings is 2. The molecule has 2 aromatic heterocycles. The molecule has 10 aromatic carbocycles. The van der Waals surface area contributed by atoms with E-state index < -0.39 is 5.41 Å². The number of anilines is 3. The lowest BCUT2D eigenvalue weighted by atomic mass is 9.64. The van der Waals surface area contributed by atoms with Crippen LogP contribution in [0.3, 0.4) is 0 Å². The van der Waals surface area contributed by atoms with Gasteiger partial charge in [-0.05, 0) is 104 Å². The molecular formula is C61H37NO2. The molecule has 3 nitrogen and oxygen atoms in total. The number of fused-ring (bicyclic) bond motifs is 15. The number of hydrogen-bond donors (Lipinski definition) is 0. The molecule has 12 aromatic rings. The Bertz CT molecular complexity index is 3820. The van der Waals surface area contributed by atoms with Gasteiger partial charge in [0, 0.05) is 27.1 Å². The van der Waals surface area contributed by atoms with Crippen LogP contribution >= 0.6 is 0 Å². The Hall–Kier alpha value is -8.40. The summed E-state index contributed by atoms with van der Waals surface area (Å²) in [4.78, 5) is 2.46. The predicted octanol–water partition coefficient (Wildman–Crippen LogP) is 16.6. The van der Waals surface area contributed by atoms with Crippen molar-refractivity contribution < 1.29 is 8.83 Å². The molecule has 2 aliphatic rings. The fraction of sp³-hybridized carbons (Fsp3) is 0.0164. The molecule has 0 saturated carbocycles. The number of hydrogen-bond acceptors (Lipinski definition) is 3. The van der Waals surface area contributed by atoms with E-state index in [0.717, 1.165) is 77.6 Å². The Morgan fingerprint density at radius 3 is 1.38 bits per heavy atom. The van der Waals surface area contributed by atoms with Crippen LogP contribution in [0.2, 0.25) is 0 Å². The number of para-hydroxylation sites is 4. The summed E-state index contributed by atoms with van der Waals surface area (Å²) in [6, 6.07) is 81.7. The second kappa shape index (κ2) is 13.3. The highest BCUT2D eigenvalue weighted by Crippen LogP contribution is 2.65. The van der Waals surface area contributed by atoms with E-state index in [1.54, 1.807) is 0 Å². The van der Waals surface area contributed by atoms with E-state index >= 15 is 0 Å². The maximum atomic E-state index is 6.87. The van der Waals surface area contributed by atoms with Gasteiger partial charge in [0.15, 0.2) is 5.58 Å². The van der Waals surface area contributed by atoms with Gasteiger partial charge in [-0.2, -0.15) is 0 Å². The van der Waals surface area contributed by atoms with Crippen LogP contribution in [0.25, 0.3) is 88.4 Å². The minimum Gasteiger partial charge on any atom is -0.455 e. The molecule has 3 heterocycles. The molecule has 0 saturated heterocycles. The Balaban J connectivity index is 1.13. The molecule has 298 valence electrons. The highest BCUT2D eigenvalue weighted by molar-refractivity contribution is 6.12. The van der Waals surface area contributed by atoms with Gasteiger partial charge in [-0.3, -0.25) is 0 Å². The maximum absolute atomic E-state index is 6.87. The van der Waals surface area contributed by atoms with Crippen molar-refractivity contribution >= 4 is 60.9 Å². The maximum Gasteiger partial charge on any atom is 0.159 e. The molecule has 1 spiro atoms. The summed E-state index contributed by atoms with van der Waals surface area (Å²) in [6.45, 7) is 0. The van der Waals surface area contributed by atoms with Gasteiger partial charge in [-0.15, -0.1) is 0 Å². The summed E-state index contributed by atoms with van der Waals surface area (Å²) >= 11 is 0. The Labute approximate surface area is 369 Å². The topological polar surface area (TPSA) is 29.5 Å². The van der Waals surface area contributed by atoms with Crippen LogP contribution in [0.15, 0.2) is 233 Å². The van der Waals surface area contributed by atoms with Crippen LogP contribution in [-0.2, 0) is 5.41 Å². The Morgan fingerprint density at radius 1 is 0.281 bits per heavy atom. The van der Waals surface area contributed by atoms with Gasteiger partial charge in [-0.25, -0.2) is 0 Å². The molecule has 0 amide bonds. The van der Waals surface area contributed by atoms with Crippen molar-refractivity contribution in [1.29, 1.82) is 0 Å². The zero-order valence-corrected chi connectivity index (χ0v) is 34.6. The highest BCUT2D eigenvalue weighted by atomic mass is 16.3. The standard InChI is InChI=1S/C61H37NO2/c1-2-16-38(17-3-1)41-18-4-5-19-42(41)39-32-34-54-52(36-39)61(50-27-10-6-20-44(50)45-21-7-11-28-51(45)61)53-37-40(43-24-14-25-48-46-22-8-12-30-57(46)63-59(43)48)33-35-55(53)62(54)56-29-15-26-49-47-23-9-13-31-58(47)64-60(49)56/h1-37H. The largest absolute Gasteiger partial charge is 0.455 e. The van der Waals surface area contributed by atoms with Crippen LogP contribution in [-0.4, -0.2) is 0 Å².